The van der Waals surface area contributed by atoms with Crippen LogP contribution in [0.4, 0.5) is 8.78 Å². The molecule has 1 saturated heterocycles. The van der Waals surface area contributed by atoms with Crippen molar-refractivity contribution in [2.75, 3.05) is 19.6 Å². The molecule has 1 aromatic heterocycles. The molecular weight excluding hydrogens is 347 g/mol. The second-order valence-corrected chi connectivity index (χ2v) is 5.30. The van der Waals surface area contributed by atoms with Gasteiger partial charge in [0, 0.05) is 37.8 Å². The van der Waals surface area contributed by atoms with Gasteiger partial charge in [-0.25, -0.2) is 13.8 Å². The molecule has 3 rings (SSSR count). The normalized spacial score (nSPS) is 18.1. The highest BCUT2D eigenvalue weighted by molar-refractivity contribution is 5.85. The van der Waals surface area contributed by atoms with Crippen molar-refractivity contribution in [1.29, 1.82) is 0 Å². The molecule has 2 heterocycles. The summed E-state index contributed by atoms with van der Waals surface area (Å²) in [4.78, 5) is 6.67. The quantitative estimate of drug-likeness (QED) is 0.906. The standard InChI is InChI=1S/C15H17F2N3O.2ClH/c1-10-7-18-4-5-20(10)8-12-9-21-15(19-12)11-2-3-13(16)14(17)6-11;;/h2-3,6,9-10,18H,4-5,7-8H2,1H3;2*1H/t10-;;/m0../s1. The number of rotatable bonds is 3. The van der Waals surface area contributed by atoms with E-state index in [0.29, 0.717) is 24.0 Å². The van der Waals surface area contributed by atoms with Crippen LogP contribution in [0.15, 0.2) is 28.9 Å². The minimum atomic E-state index is -0.900. The SMILES string of the molecule is C[C@H]1CNCCN1Cc1coc(-c2ccc(F)c(F)c2)n1.Cl.Cl. The van der Waals surface area contributed by atoms with Crippen LogP contribution in [0.1, 0.15) is 12.6 Å². The van der Waals surface area contributed by atoms with Crippen LogP contribution >= 0.6 is 24.8 Å². The molecule has 0 radical (unpaired) electrons. The first-order chi connectivity index (χ1) is 10.1. The Kier molecular flexibility index (Phi) is 7.41. The predicted molar refractivity (Wildman–Crippen MR) is 89.1 cm³/mol. The van der Waals surface area contributed by atoms with E-state index >= 15 is 0 Å². The lowest BCUT2D eigenvalue weighted by atomic mass is 10.2. The first-order valence-corrected chi connectivity index (χ1v) is 6.98. The van der Waals surface area contributed by atoms with Gasteiger partial charge in [-0.1, -0.05) is 0 Å². The molecule has 0 spiro atoms. The zero-order valence-corrected chi connectivity index (χ0v) is 14.2. The molecule has 0 aliphatic carbocycles. The van der Waals surface area contributed by atoms with E-state index in [9.17, 15) is 8.78 Å². The Morgan fingerprint density at radius 3 is 2.78 bits per heavy atom. The van der Waals surface area contributed by atoms with Crippen LogP contribution in [0, 0.1) is 11.6 Å². The van der Waals surface area contributed by atoms with Crippen molar-refractivity contribution in [3.63, 3.8) is 0 Å². The van der Waals surface area contributed by atoms with E-state index < -0.39 is 11.6 Å². The van der Waals surface area contributed by atoms with Crippen LogP contribution in [-0.2, 0) is 6.54 Å². The molecular formula is C15H19Cl2F2N3O. The Morgan fingerprint density at radius 1 is 1.30 bits per heavy atom. The highest BCUT2D eigenvalue weighted by Crippen LogP contribution is 2.21. The molecule has 128 valence electrons. The van der Waals surface area contributed by atoms with Gasteiger partial charge in [-0.2, -0.15) is 0 Å². The van der Waals surface area contributed by atoms with Crippen molar-refractivity contribution >= 4 is 24.8 Å². The van der Waals surface area contributed by atoms with E-state index in [1.54, 1.807) is 6.26 Å². The molecule has 1 atom stereocenters. The van der Waals surface area contributed by atoms with Gasteiger partial charge in [-0.15, -0.1) is 24.8 Å². The Balaban J connectivity index is 0.00000132. The first kappa shape index (κ1) is 19.8. The molecule has 0 saturated carbocycles. The van der Waals surface area contributed by atoms with E-state index in [2.05, 4.69) is 22.1 Å². The fourth-order valence-corrected chi connectivity index (χ4v) is 2.47. The second-order valence-electron chi connectivity index (χ2n) is 5.30. The van der Waals surface area contributed by atoms with Crippen LogP contribution in [0.3, 0.4) is 0 Å². The summed E-state index contributed by atoms with van der Waals surface area (Å²) in [5.74, 6) is -1.46. The summed E-state index contributed by atoms with van der Waals surface area (Å²) in [7, 11) is 0. The molecule has 0 amide bonds. The Bertz CT molecular complexity index is 639. The average molecular weight is 366 g/mol. The van der Waals surface area contributed by atoms with E-state index in [1.807, 2.05) is 0 Å². The maximum atomic E-state index is 13.2. The highest BCUT2D eigenvalue weighted by Gasteiger charge is 2.19. The summed E-state index contributed by atoms with van der Waals surface area (Å²) >= 11 is 0. The van der Waals surface area contributed by atoms with Gasteiger partial charge in [-0.05, 0) is 25.1 Å². The molecule has 1 aliphatic rings. The number of aromatic nitrogens is 1. The molecule has 1 N–H and O–H groups in total. The highest BCUT2D eigenvalue weighted by atomic mass is 35.5. The third-order valence-electron chi connectivity index (χ3n) is 3.72. The lowest BCUT2D eigenvalue weighted by Crippen LogP contribution is -2.49. The van der Waals surface area contributed by atoms with Gasteiger partial charge >= 0.3 is 0 Å². The zero-order valence-electron chi connectivity index (χ0n) is 12.6. The van der Waals surface area contributed by atoms with Crippen LogP contribution in [0.25, 0.3) is 11.5 Å². The smallest absolute Gasteiger partial charge is 0.226 e. The first-order valence-electron chi connectivity index (χ1n) is 6.98. The third-order valence-corrected chi connectivity index (χ3v) is 3.72. The number of nitrogens with zero attached hydrogens (tertiary/aromatic N) is 2. The summed E-state index contributed by atoms with van der Waals surface area (Å²) in [6, 6.07) is 4.06. The lowest BCUT2D eigenvalue weighted by Gasteiger charge is -2.33. The molecule has 2 aromatic rings. The fourth-order valence-electron chi connectivity index (χ4n) is 2.47. The van der Waals surface area contributed by atoms with E-state index in [-0.39, 0.29) is 24.8 Å². The third kappa shape index (κ3) is 4.64. The van der Waals surface area contributed by atoms with Crippen molar-refractivity contribution in [3.05, 3.63) is 41.8 Å². The molecule has 8 heteroatoms. The number of benzene rings is 1. The number of hydrogen-bond donors (Lipinski definition) is 1. The van der Waals surface area contributed by atoms with Gasteiger partial charge < -0.3 is 9.73 Å². The summed E-state index contributed by atoms with van der Waals surface area (Å²) in [6.07, 6.45) is 1.57. The Hall–Kier alpha value is -1.21. The van der Waals surface area contributed by atoms with Crippen molar-refractivity contribution in [1.82, 2.24) is 15.2 Å². The number of hydrogen-bond acceptors (Lipinski definition) is 4. The second kappa shape index (κ2) is 8.59. The fraction of sp³-hybridized carbons (Fsp3) is 0.400. The Morgan fingerprint density at radius 2 is 2.09 bits per heavy atom. The molecule has 1 fully saturated rings. The van der Waals surface area contributed by atoms with Gasteiger partial charge in [-0.3, -0.25) is 4.90 Å². The minimum absolute atomic E-state index is 0. The van der Waals surface area contributed by atoms with Crippen LogP contribution in [0.5, 0.6) is 0 Å². The van der Waals surface area contributed by atoms with Gasteiger partial charge in [0.15, 0.2) is 11.6 Å². The molecule has 1 aliphatic heterocycles. The Labute approximate surface area is 146 Å². The summed E-state index contributed by atoms with van der Waals surface area (Å²) in [6.45, 7) is 5.71. The van der Waals surface area contributed by atoms with Crippen molar-refractivity contribution < 1.29 is 13.2 Å². The summed E-state index contributed by atoms with van der Waals surface area (Å²) < 4.78 is 31.5. The summed E-state index contributed by atoms with van der Waals surface area (Å²) in [5, 5.41) is 3.33. The average Bonchev–Trinajstić information content (AvgIpc) is 2.93. The molecule has 1 aromatic carbocycles. The number of halogens is 4. The van der Waals surface area contributed by atoms with E-state index in [0.717, 1.165) is 37.5 Å². The zero-order chi connectivity index (χ0) is 14.8. The van der Waals surface area contributed by atoms with Crippen LogP contribution in [-0.4, -0.2) is 35.6 Å². The predicted octanol–water partition coefficient (Wildman–Crippen LogP) is 3.26. The van der Waals surface area contributed by atoms with Crippen LogP contribution in [0.2, 0.25) is 0 Å². The van der Waals surface area contributed by atoms with Crippen molar-refractivity contribution in [2.45, 2.75) is 19.5 Å². The van der Waals surface area contributed by atoms with Crippen LogP contribution < -0.4 is 5.32 Å². The van der Waals surface area contributed by atoms with Gasteiger partial charge in [0.05, 0.1) is 5.69 Å². The molecule has 0 unspecified atom stereocenters. The summed E-state index contributed by atoms with van der Waals surface area (Å²) in [5.41, 5.74) is 1.23. The lowest BCUT2D eigenvalue weighted by molar-refractivity contribution is 0.163. The monoisotopic (exact) mass is 365 g/mol. The topological polar surface area (TPSA) is 41.3 Å². The van der Waals surface area contributed by atoms with Gasteiger partial charge in [0.2, 0.25) is 5.89 Å². The van der Waals surface area contributed by atoms with E-state index in [4.69, 9.17) is 4.42 Å². The minimum Gasteiger partial charge on any atom is -0.444 e. The molecule has 4 nitrogen and oxygen atoms in total. The maximum absolute atomic E-state index is 13.2. The van der Waals surface area contributed by atoms with Gasteiger partial charge in [0.1, 0.15) is 6.26 Å². The van der Waals surface area contributed by atoms with Gasteiger partial charge in [0.25, 0.3) is 0 Å². The van der Waals surface area contributed by atoms with Crippen molar-refractivity contribution in [3.8, 4) is 11.5 Å². The molecule has 0 bridgehead atoms. The number of nitrogens with one attached hydrogen (secondary N) is 1. The van der Waals surface area contributed by atoms with Crippen molar-refractivity contribution in [2.24, 2.45) is 0 Å². The maximum Gasteiger partial charge on any atom is 0.226 e. The molecule has 23 heavy (non-hydrogen) atoms. The van der Waals surface area contributed by atoms with E-state index in [1.165, 1.54) is 6.07 Å². The number of piperazine rings is 1. The number of oxazole rings is 1. The largest absolute Gasteiger partial charge is 0.444 e.